The predicted molar refractivity (Wildman–Crippen MR) is 80.9 cm³/mol. The van der Waals surface area contributed by atoms with Gasteiger partial charge in [-0.15, -0.1) is 0 Å². The van der Waals surface area contributed by atoms with Gasteiger partial charge in [0.25, 0.3) is 0 Å². The first-order chi connectivity index (χ1) is 9.01. The van der Waals surface area contributed by atoms with Crippen LogP contribution in [0.2, 0.25) is 10.3 Å². The molecule has 1 aromatic heterocycles. The van der Waals surface area contributed by atoms with Gasteiger partial charge in [-0.1, -0.05) is 38.3 Å². The van der Waals surface area contributed by atoms with E-state index >= 15 is 0 Å². The van der Waals surface area contributed by atoms with Gasteiger partial charge in [-0.05, 0) is 42.2 Å². The summed E-state index contributed by atoms with van der Waals surface area (Å²) in [6.07, 6.45) is 8.02. The van der Waals surface area contributed by atoms with Crippen molar-refractivity contribution in [3.05, 3.63) is 16.5 Å². The minimum Gasteiger partial charge on any atom is -0.368 e. The molecule has 0 aliphatic heterocycles. The Morgan fingerprint density at radius 2 is 2.00 bits per heavy atom. The topological polar surface area (TPSA) is 37.8 Å². The van der Waals surface area contributed by atoms with E-state index in [0.29, 0.717) is 22.2 Å². The molecule has 2 rings (SSSR count). The molecule has 1 aliphatic carbocycles. The molecule has 1 saturated carbocycles. The molecule has 106 valence electrons. The molecule has 0 amide bonds. The normalized spacial score (nSPS) is 17.9. The molecule has 1 heterocycles. The van der Waals surface area contributed by atoms with Gasteiger partial charge in [0, 0.05) is 6.54 Å². The minimum absolute atomic E-state index is 0.233. The van der Waals surface area contributed by atoms with E-state index in [-0.39, 0.29) is 5.28 Å². The highest BCUT2D eigenvalue weighted by Gasteiger charge is 2.34. The molecule has 0 aromatic carbocycles. The third-order valence-electron chi connectivity index (χ3n) is 3.85. The van der Waals surface area contributed by atoms with E-state index in [1.54, 1.807) is 6.20 Å². The maximum absolute atomic E-state index is 6.09. The van der Waals surface area contributed by atoms with Gasteiger partial charge in [-0.3, -0.25) is 0 Å². The van der Waals surface area contributed by atoms with E-state index in [0.717, 1.165) is 6.54 Å². The zero-order valence-corrected chi connectivity index (χ0v) is 13.1. The summed E-state index contributed by atoms with van der Waals surface area (Å²) in [5.41, 5.74) is 0.384. The van der Waals surface area contributed by atoms with Gasteiger partial charge in [0.05, 0.1) is 6.20 Å². The smallest absolute Gasteiger partial charge is 0.224 e. The van der Waals surface area contributed by atoms with Crippen LogP contribution in [0.25, 0.3) is 0 Å². The summed E-state index contributed by atoms with van der Waals surface area (Å²) in [4.78, 5) is 8.02. The van der Waals surface area contributed by atoms with E-state index < -0.39 is 0 Å². The number of nitrogens with zero attached hydrogens (tertiary/aromatic N) is 2. The van der Waals surface area contributed by atoms with Crippen LogP contribution in [0.3, 0.4) is 0 Å². The van der Waals surface area contributed by atoms with E-state index in [1.165, 1.54) is 32.1 Å². The second-order valence-electron chi connectivity index (χ2n) is 5.99. The fourth-order valence-corrected chi connectivity index (χ4v) is 3.48. The lowest BCUT2D eigenvalue weighted by Gasteiger charge is -2.31. The van der Waals surface area contributed by atoms with Gasteiger partial charge in [0.1, 0.15) is 10.8 Å². The Bertz CT molecular complexity index is 429. The molecule has 3 nitrogen and oxygen atoms in total. The minimum atomic E-state index is 0.233. The van der Waals surface area contributed by atoms with Crippen LogP contribution in [-0.4, -0.2) is 16.5 Å². The Balaban J connectivity index is 2.04. The fraction of sp³-hybridized carbons (Fsp3) is 0.714. The summed E-state index contributed by atoms with van der Waals surface area (Å²) in [7, 11) is 0. The van der Waals surface area contributed by atoms with Crippen LogP contribution >= 0.6 is 23.2 Å². The van der Waals surface area contributed by atoms with Gasteiger partial charge in [0.2, 0.25) is 5.28 Å². The largest absolute Gasteiger partial charge is 0.368 e. The first kappa shape index (κ1) is 14.9. The second kappa shape index (κ2) is 6.27. The maximum Gasteiger partial charge on any atom is 0.224 e. The molecule has 0 spiro atoms. The van der Waals surface area contributed by atoms with Crippen molar-refractivity contribution in [1.29, 1.82) is 0 Å². The Morgan fingerprint density at radius 3 is 2.63 bits per heavy atom. The molecule has 0 saturated heterocycles. The maximum atomic E-state index is 6.09. The highest BCUT2D eigenvalue weighted by atomic mass is 35.5. The van der Waals surface area contributed by atoms with Crippen LogP contribution in [0, 0.1) is 11.3 Å². The van der Waals surface area contributed by atoms with Gasteiger partial charge in [-0.2, -0.15) is 4.98 Å². The van der Waals surface area contributed by atoms with Crippen molar-refractivity contribution in [1.82, 2.24) is 9.97 Å². The van der Waals surface area contributed by atoms with Crippen LogP contribution in [0.5, 0.6) is 0 Å². The summed E-state index contributed by atoms with van der Waals surface area (Å²) in [5.74, 6) is 1.36. The quantitative estimate of drug-likeness (QED) is 0.794. The highest BCUT2D eigenvalue weighted by molar-refractivity contribution is 6.33. The van der Waals surface area contributed by atoms with E-state index in [2.05, 4.69) is 29.1 Å². The first-order valence-corrected chi connectivity index (χ1v) is 7.68. The van der Waals surface area contributed by atoms with Crippen LogP contribution < -0.4 is 5.32 Å². The van der Waals surface area contributed by atoms with E-state index in [4.69, 9.17) is 23.2 Å². The Labute approximate surface area is 125 Å². The number of hydrogen-bond donors (Lipinski definition) is 1. The zero-order chi connectivity index (χ0) is 13.9. The first-order valence-electron chi connectivity index (χ1n) is 6.93. The molecular weight excluding hydrogens is 281 g/mol. The van der Waals surface area contributed by atoms with Crippen LogP contribution in [-0.2, 0) is 0 Å². The van der Waals surface area contributed by atoms with Crippen molar-refractivity contribution in [2.45, 2.75) is 46.0 Å². The molecule has 0 unspecified atom stereocenters. The zero-order valence-electron chi connectivity index (χ0n) is 11.5. The average molecular weight is 302 g/mol. The molecule has 5 heteroatoms. The highest BCUT2D eigenvalue weighted by Crippen LogP contribution is 2.43. The van der Waals surface area contributed by atoms with E-state index in [1.807, 2.05) is 0 Å². The monoisotopic (exact) mass is 301 g/mol. The molecular formula is C14H21Cl2N3. The lowest BCUT2D eigenvalue weighted by molar-refractivity contribution is 0.252. The van der Waals surface area contributed by atoms with Crippen LogP contribution in [0.15, 0.2) is 6.20 Å². The Morgan fingerprint density at radius 1 is 1.32 bits per heavy atom. The third kappa shape index (κ3) is 3.96. The van der Waals surface area contributed by atoms with Gasteiger partial charge < -0.3 is 5.32 Å². The molecule has 19 heavy (non-hydrogen) atoms. The van der Waals surface area contributed by atoms with Gasteiger partial charge in [0.15, 0.2) is 0 Å². The number of nitrogens with one attached hydrogen (secondary N) is 1. The molecule has 0 bridgehead atoms. The number of halogens is 2. The fourth-order valence-electron chi connectivity index (χ4n) is 3.18. The summed E-state index contributed by atoms with van der Waals surface area (Å²) >= 11 is 11.9. The summed E-state index contributed by atoms with van der Waals surface area (Å²) in [6, 6.07) is 0. The standard InChI is InChI=1S/C14H21Cl2N3/c1-10(2)7-14(5-3-4-6-14)9-18-12-11(15)8-17-13(16)19-12/h8,10H,3-7,9H2,1-2H3,(H,17,18,19). The third-order valence-corrected chi connectivity index (χ3v) is 4.31. The summed E-state index contributed by atoms with van der Waals surface area (Å²) < 4.78 is 0. The van der Waals surface area contributed by atoms with Crippen LogP contribution in [0.4, 0.5) is 5.82 Å². The van der Waals surface area contributed by atoms with Crippen molar-refractivity contribution < 1.29 is 0 Å². The number of anilines is 1. The SMILES string of the molecule is CC(C)CC1(CNc2nc(Cl)ncc2Cl)CCCC1. The number of aromatic nitrogens is 2. The number of rotatable bonds is 5. The summed E-state index contributed by atoms with van der Waals surface area (Å²) in [5, 5.41) is 4.14. The van der Waals surface area contributed by atoms with Crippen molar-refractivity contribution in [2.24, 2.45) is 11.3 Å². The molecule has 0 atom stereocenters. The average Bonchev–Trinajstić information content (AvgIpc) is 2.78. The predicted octanol–water partition coefficient (Wildman–Crippen LogP) is 4.80. The van der Waals surface area contributed by atoms with Crippen LogP contribution in [0.1, 0.15) is 46.0 Å². The Kier molecular flexibility index (Phi) is 4.91. The van der Waals surface area contributed by atoms with Crippen molar-refractivity contribution >= 4 is 29.0 Å². The lowest BCUT2D eigenvalue weighted by atomic mass is 9.78. The van der Waals surface area contributed by atoms with Gasteiger partial charge >= 0.3 is 0 Å². The lowest BCUT2D eigenvalue weighted by Crippen LogP contribution is -2.28. The van der Waals surface area contributed by atoms with E-state index in [9.17, 15) is 0 Å². The molecule has 1 aromatic rings. The Hall–Kier alpha value is -0.540. The van der Waals surface area contributed by atoms with Crippen molar-refractivity contribution in [3.63, 3.8) is 0 Å². The summed E-state index contributed by atoms with van der Waals surface area (Å²) in [6.45, 7) is 5.49. The molecule has 1 N–H and O–H groups in total. The second-order valence-corrected chi connectivity index (χ2v) is 6.74. The molecule has 1 fully saturated rings. The molecule has 0 radical (unpaired) electrons. The number of hydrogen-bond acceptors (Lipinski definition) is 3. The van der Waals surface area contributed by atoms with Crippen molar-refractivity contribution in [2.75, 3.05) is 11.9 Å². The van der Waals surface area contributed by atoms with Gasteiger partial charge in [-0.25, -0.2) is 4.98 Å². The molecule has 1 aliphatic rings. The van der Waals surface area contributed by atoms with Crippen molar-refractivity contribution in [3.8, 4) is 0 Å².